The SMILES string of the molecule is COc1ccc(NC(=O)NC(C)(C)CO)c(Cl)c1. The highest BCUT2D eigenvalue weighted by Crippen LogP contribution is 2.26. The zero-order valence-electron chi connectivity index (χ0n) is 10.6. The van der Waals surface area contributed by atoms with Gasteiger partial charge in [0.25, 0.3) is 0 Å². The number of urea groups is 1. The normalized spacial score (nSPS) is 10.9. The van der Waals surface area contributed by atoms with Gasteiger partial charge in [0.05, 0.1) is 30.0 Å². The van der Waals surface area contributed by atoms with Crippen LogP contribution in [0.4, 0.5) is 10.5 Å². The van der Waals surface area contributed by atoms with Crippen LogP contribution < -0.4 is 15.4 Å². The maximum absolute atomic E-state index is 11.7. The van der Waals surface area contributed by atoms with Crippen molar-refractivity contribution >= 4 is 23.3 Å². The summed E-state index contributed by atoms with van der Waals surface area (Å²) in [6, 6.07) is 4.51. The number of hydrogen-bond acceptors (Lipinski definition) is 3. The number of anilines is 1. The van der Waals surface area contributed by atoms with E-state index in [1.807, 2.05) is 0 Å². The highest BCUT2D eigenvalue weighted by Gasteiger charge is 2.19. The lowest BCUT2D eigenvalue weighted by Crippen LogP contribution is -2.48. The van der Waals surface area contributed by atoms with Crippen LogP contribution in [0.15, 0.2) is 18.2 Å². The second-order valence-electron chi connectivity index (χ2n) is 4.47. The molecule has 1 rings (SSSR count). The summed E-state index contributed by atoms with van der Waals surface area (Å²) in [5, 5.41) is 14.7. The van der Waals surface area contributed by atoms with Crippen molar-refractivity contribution in [3.8, 4) is 5.75 Å². The molecule has 0 atom stereocenters. The van der Waals surface area contributed by atoms with Gasteiger partial charge in [-0.05, 0) is 26.0 Å². The lowest BCUT2D eigenvalue weighted by molar-refractivity contribution is 0.187. The molecular weight excluding hydrogens is 256 g/mol. The maximum Gasteiger partial charge on any atom is 0.319 e. The van der Waals surface area contributed by atoms with E-state index in [1.165, 1.54) is 7.11 Å². The number of methoxy groups -OCH3 is 1. The van der Waals surface area contributed by atoms with Crippen molar-refractivity contribution in [3.63, 3.8) is 0 Å². The summed E-state index contributed by atoms with van der Waals surface area (Å²) in [6.45, 7) is 3.27. The van der Waals surface area contributed by atoms with E-state index in [-0.39, 0.29) is 6.61 Å². The summed E-state index contributed by atoms with van der Waals surface area (Å²) in [6.07, 6.45) is 0. The average molecular weight is 273 g/mol. The topological polar surface area (TPSA) is 70.6 Å². The van der Waals surface area contributed by atoms with Crippen LogP contribution in [0.3, 0.4) is 0 Å². The molecule has 1 aromatic rings. The van der Waals surface area contributed by atoms with Crippen molar-refractivity contribution in [2.75, 3.05) is 19.0 Å². The molecule has 0 unspecified atom stereocenters. The standard InChI is InChI=1S/C12H17ClN2O3/c1-12(2,7-16)15-11(17)14-10-5-4-8(18-3)6-9(10)13/h4-6,16H,7H2,1-3H3,(H2,14,15,17). The third kappa shape index (κ3) is 4.09. The molecule has 18 heavy (non-hydrogen) atoms. The molecule has 0 aliphatic rings. The van der Waals surface area contributed by atoms with Crippen LogP contribution in [0, 0.1) is 0 Å². The van der Waals surface area contributed by atoms with Crippen molar-refractivity contribution in [3.05, 3.63) is 23.2 Å². The lowest BCUT2D eigenvalue weighted by Gasteiger charge is -2.23. The Kier molecular flexibility index (Phi) is 4.81. The Morgan fingerprint density at radius 2 is 2.17 bits per heavy atom. The second kappa shape index (κ2) is 5.93. The molecule has 100 valence electrons. The summed E-state index contributed by atoms with van der Waals surface area (Å²) in [5.41, 5.74) is -0.216. The van der Waals surface area contributed by atoms with Crippen LogP contribution in [0.25, 0.3) is 0 Å². The molecule has 0 spiro atoms. The molecule has 1 aromatic carbocycles. The summed E-state index contributed by atoms with van der Waals surface area (Å²) in [7, 11) is 1.54. The molecule has 0 bridgehead atoms. The van der Waals surface area contributed by atoms with Crippen LogP contribution in [0.5, 0.6) is 5.75 Å². The fourth-order valence-electron chi connectivity index (χ4n) is 1.22. The van der Waals surface area contributed by atoms with E-state index >= 15 is 0 Å². The average Bonchev–Trinajstić information content (AvgIpc) is 2.31. The minimum absolute atomic E-state index is 0.156. The number of amides is 2. The van der Waals surface area contributed by atoms with Gasteiger partial charge in [-0.15, -0.1) is 0 Å². The van der Waals surface area contributed by atoms with Gasteiger partial charge in [-0.2, -0.15) is 0 Å². The first-order chi connectivity index (χ1) is 8.38. The molecule has 0 saturated heterocycles. The molecular formula is C12H17ClN2O3. The molecule has 0 radical (unpaired) electrons. The third-order valence-corrected chi connectivity index (χ3v) is 2.58. The highest BCUT2D eigenvalue weighted by atomic mass is 35.5. The minimum Gasteiger partial charge on any atom is -0.497 e. The highest BCUT2D eigenvalue weighted by molar-refractivity contribution is 6.33. The number of ether oxygens (including phenoxy) is 1. The first-order valence-electron chi connectivity index (χ1n) is 5.41. The number of nitrogens with one attached hydrogen (secondary N) is 2. The number of benzene rings is 1. The van der Waals surface area contributed by atoms with E-state index < -0.39 is 11.6 Å². The van der Waals surface area contributed by atoms with Crippen molar-refractivity contribution in [1.29, 1.82) is 0 Å². The second-order valence-corrected chi connectivity index (χ2v) is 4.87. The number of halogens is 1. The third-order valence-electron chi connectivity index (χ3n) is 2.27. The van der Waals surface area contributed by atoms with Gasteiger partial charge in [-0.1, -0.05) is 11.6 Å². The quantitative estimate of drug-likeness (QED) is 0.787. The van der Waals surface area contributed by atoms with Crippen LogP contribution in [-0.2, 0) is 0 Å². The Labute approximate surface area is 111 Å². The number of rotatable bonds is 4. The van der Waals surface area contributed by atoms with E-state index in [1.54, 1.807) is 32.0 Å². The van der Waals surface area contributed by atoms with Crippen molar-refractivity contribution < 1.29 is 14.6 Å². The fraction of sp³-hybridized carbons (Fsp3) is 0.417. The summed E-state index contributed by atoms with van der Waals surface area (Å²) in [5.74, 6) is 0.613. The Morgan fingerprint density at radius 1 is 1.50 bits per heavy atom. The molecule has 2 amide bonds. The van der Waals surface area contributed by atoms with Gasteiger partial charge in [0, 0.05) is 6.07 Å². The van der Waals surface area contributed by atoms with Crippen LogP contribution in [0.1, 0.15) is 13.8 Å². The van der Waals surface area contributed by atoms with E-state index in [9.17, 15) is 4.79 Å². The fourth-order valence-corrected chi connectivity index (χ4v) is 1.44. The maximum atomic E-state index is 11.7. The van der Waals surface area contributed by atoms with Gasteiger partial charge in [0.2, 0.25) is 0 Å². The van der Waals surface area contributed by atoms with Gasteiger partial charge in [0.15, 0.2) is 0 Å². The Bertz CT molecular complexity index is 435. The van der Waals surface area contributed by atoms with Gasteiger partial charge in [-0.25, -0.2) is 4.79 Å². The monoisotopic (exact) mass is 272 g/mol. The van der Waals surface area contributed by atoms with E-state index in [0.717, 1.165) is 0 Å². The lowest BCUT2D eigenvalue weighted by atomic mass is 10.1. The zero-order chi connectivity index (χ0) is 13.8. The molecule has 0 heterocycles. The van der Waals surface area contributed by atoms with Crippen molar-refractivity contribution in [2.45, 2.75) is 19.4 Å². The van der Waals surface area contributed by atoms with Gasteiger partial charge in [-0.3, -0.25) is 0 Å². The molecule has 0 aliphatic heterocycles. The molecule has 0 saturated carbocycles. The van der Waals surface area contributed by atoms with Crippen molar-refractivity contribution in [2.24, 2.45) is 0 Å². The first kappa shape index (κ1) is 14.6. The largest absolute Gasteiger partial charge is 0.497 e. The van der Waals surface area contributed by atoms with Crippen LogP contribution in [0.2, 0.25) is 5.02 Å². The van der Waals surface area contributed by atoms with Crippen LogP contribution >= 0.6 is 11.6 Å². The zero-order valence-corrected chi connectivity index (χ0v) is 11.3. The summed E-state index contributed by atoms with van der Waals surface area (Å²) >= 11 is 5.99. The minimum atomic E-state index is -0.691. The van der Waals surface area contributed by atoms with E-state index in [2.05, 4.69) is 10.6 Å². The van der Waals surface area contributed by atoms with E-state index in [4.69, 9.17) is 21.4 Å². The predicted octanol–water partition coefficient (Wildman–Crippen LogP) is 2.24. The van der Waals surface area contributed by atoms with Gasteiger partial charge in [0.1, 0.15) is 5.75 Å². The number of hydrogen-bond donors (Lipinski definition) is 3. The molecule has 3 N–H and O–H groups in total. The molecule has 0 fully saturated rings. The van der Waals surface area contributed by atoms with Gasteiger partial charge >= 0.3 is 6.03 Å². The number of aliphatic hydroxyl groups excluding tert-OH is 1. The summed E-state index contributed by atoms with van der Waals surface area (Å²) < 4.78 is 5.01. The predicted molar refractivity (Wildman–Crippen MR) is 71.3 cm³/mol. The van der Waals surface area contributed by atoms with Gasteiger partial charge < -0.3 is 20.5 Å². The number of aliphatic hydroxyl groups is 1. The first-order valence-corrected chi connectivity index (χ1v) is 5.79. The van der Waals surface area contributed by atoms with Crippen LogP contribution in [-0.4, -0.2) is 30.4 Å². The molecule has 0 aliphatic carbocycles. The Morgan fingerprint density at radius 3 is 2.67 bits per heavy atom. The molecule has 5 nitrogen and oxygen atoms in total. The summed E-state index contributed by atoms with van der Waals surface area (Å²) in [4.78, 5) is 11.7. The molecule has 6 heteroatoms. The Balaban J connectivity index is 2.71. The smallest absolute Gasteiger partial charge is 0.319 e. The van der Waals surface area contributed by atoms with E-state index in [0.29, 0.717) is 16.5 Å². The van der Waals surface area contributed by atoms with Crippen molar-refractivity contribution in [1.82, 2.24) is 5.32 Å². The Hall–Kier alpha value is -1.46. The number of carbonyl (C=O) groups excluding carboxylic acids is 1. The molecule has 0 aromatic heterocycles. The number of carbonyl (C=O) groups is 1.